The molecule has 0 aliphatic heterocycles. The first-order valence-corrected chi connectivity index (χ1v) is 11.5. The van der Waals surface area contributed by atoms with E-state index in [1.54, 1.807) is 0 Å². The molecule has 0 fully saturated rings. The number of ether oxygens (including phenoxy) is 2. The molecule has 0 spiro atoms. The van der Waals surface area contributed by atoms with E-state index >= 15 is 0 Å². The van der Waals surface area contributed by atoms with Crippen LogP contribution in [-0.4, -0.2) is 36.8 Å². The zero-order valence-corrected chi connectivity index (χ0v) is 21.1. The van der Waals surface area contributed by atoms with Gasteiger partial charge in [0.15, 0.2) is 0 Å². The monoisotopic (exact) mass is 701 g/mol. The molecule has 6 nitrogen and oxygen atoms in total. The number of aliphatic carboxylic acids is 1. The summed E-state index contributed by atoms with van der Waals surface area (Å²) in [5.41, 5.74) is 0.775. The van der Waals surface area contributed by atoms with Gasteiger partial charge in [-0.3, -0.25) is 9.59 Å². The topological polar surface area (TPSA) is 84.9 Å². The Kier molecular flexibility index (Phi) is 11.7. The molecule has 26 heavy (non-hydrogen) atoms. The van der Waals surface area contributed by atoms with Crippen LogP contribution in [0.3, 0.4) is 0 Å². The number of anilines is 1. The number of carbonyl (C=O) groups excluding carboxylic acids is 1. The maximum atomic E-state index is 11.7. The molecule has 0 saturated carbocycles. The summed E-state index contributed by atoms with van der Waals surface area (Å²) < 4.78 is 14.1. The van der Waals surface area contributed by atoms with E-state index in [-0.39, 0.29) is 12.5 Å². The number of carboxylic acid groups (broad SMARTS) is 1. The molecule has 0 heterocycles. The number of hydrogen-bond donors (Lipinski definition) is 2. The number of carboxylic acids is 1. The van der Waals surface area contributed by atoms with Crippen molar-refractivity contribution in [3.8, 4) is 5.75 Å². The molecule has 0 aliphatic rings. The zero-order chi connectivity index (χ0) is 19.7. The largest absolute Gasteiger partial charge is 0.491 e. The molecule has 0 aromatic heterocycles. The lowest BCUT2D eigenvalue weighted by molar-refractivity contribution is -0.144. The van der Waals surface area contributed by atoms with Crippen LogP contribution in [0.2, 0.25) is 0 Å². The van der Waals surface area contributed by atoms with Gasteiger partial charge in [0.2, 0.25) is 5.91 Å². The second-order valence-corrected chi connectivity index (χ2v) is 8.88. The third-order valence-corrected chi connectivity index (χ3v) is 6.24. The van der Waals surface area contributed by atoms with Crippen LogP contribution in [0.25, 0.3) is 0 Å². The predicted octanol–water partition coefficient (Wildman–Crippen LogP) is 4.75. The van der Waals surface area contributed by atoms with Crippen LogP contribution in [0, 0.1) is 16.6 Å². The van der Waals surface area contributed by atoms with Crippen molar-refractivity contribution in [3.63, 3.8) is 0 Å². The number of amides is 1. The highest BCUT2D eigenvalue weighted by Crippen LogP contribution is 2.37. The number of benzene rings is 1. The van der Waals surface area contributed by atoms with Crippen molar-refractivity contribution >= 4 is 85.3 Å². The Balaban J connectivity index is 2.58. The normalized spacial score (nSPS) is 11.9. The maximum Gasteiger partial charge on any atom is 0.308 e. The molecule has 0 aliphatic carbocycles. The Morgan fingerprint density at radius 3 is 2.46 bits per heavy atom. The number of hydrogen-bond acceptors (Lipinski definition) is 4. The minimum Gasteiger partial charge on any atom is -0.491 e. The Hall–Kier alpha value is 0.110. The molecule has 9 heteroatoms. The number of carbonyl (C=O) groups is 2. The quantitative estimate of drug-likeness (QED) is 0.258. The minimum absolute atomic E-state index is 0.0368. The Labute approximate surface area is 194 Å². The highest BCUT2D eigenvalue weighted by atomic mass is 127. The van der Waals surface area contributed by atoms with Crippen LogP contribution < -0.4 is 10.1 Å². The summed E-state index contributed by atoms with van der Waals surface area (Å²) in [6.07, 6.45) is 1.63. The maximum absolute atomic E-state index is 11.7. The number of nitrogens with one attached hydrogen (secondary N) is 1. The smallest absolute Gasteiger partial charge is 0.308 e. The van der Waals surface area contributed by atoms with Crippen molar-refractivity contribution in [2.75, 3.05) is 25.1 Å². The van der Waals surface area contributed by atoms with E-state index in [1.807, 2.05) is 19.9 Å². The first-order chi connectivity index (χ1) is 12.3. The van der Waals surface area contributed by atoms with E-state index in [2.05, 4.69) is 73.1 Å². The molecule has 0 saturated heterocycles. The van der Waals surface area contributed by atoms with Crippen LogP contribution in [0.5, 0.6) is 5.75 Å². The molecule has 2 N–H and O–H groups in total. The summed E-state index contributed by atoms with van der Waals surface area (Å²) in [5.74, 6) is -0.576. The highest BCUT2D eigenvalue weighted by Gasteiger charge is 2.17. The molecule has 1 aromatic rings. The SMILES string of the molecule is CCC(=O)Nc1c(I)cc(I)c(OCCCOCC(CC)C(=O)O)c1I. The van der Waals surface area contributed by atoms with Crippen molar-refractivity contribution in [3.05, 3.63) is 16.8 Å². The average Bonchev–Trinajstić information content (AvgIpc) is 2.59. The van der Waals surface area contributed by atoms with E-state index in [0.29, 0.717) is 32.5 Å². The third-order valence-electron chi connectivity index (χ3n) is 3.55. The molecule has 1 amide bonds. The molecule has 1 unspecified atom stereocenters. The summed E-state index contributed by atoms with van der Waals surface area (Å²) >= 11 is 6.60. The van der Waals surface area contributed by atoms with Crippen molar-refractivity contribution in [1.82, 2.24) is 0 Å². The fourth-order valence-corrected chi connectivity index (χ4v) is 5.92. The fourth-order valence-electron chi connectivity index (χ4n) is 1.97. The molecule has 1 rings (SSSR count). The van der Waals surface area contributed by atoms with Crippen LogP contribution in [-0.2, 0) is 14.3 Å². The average molecular weight is 701 g/mol. The van der Waals surface area contributed by atoms with Gasteiger partial charge in [0.25, 0.3) is 0 Å². The second-order valence-electron chi connectivity index (χ2n) is 5.48. The van der Waals surface area contributed by atoms with Crippen molar-refractivity contribution in [2.24, 2.45) is 5.92 Å². The lowest BCUT2D eigenvalue weighted by Gasteiger charge is -2.16. The first kappa shape index (κ1) is 24.1. The number of rotatable bonds is 11. The summed E-state index contributed by atoms with van der Waals surface area (Å²) in [4.78, 5) is 22.7. The fraction of sp³-hybridized carbons (Fsp3) is 0.529. The van der Waals surface area contributed by atoms with E-state index in [4.69, 9.17) is 14.6 Å². The number of halogens is 3. The lowest BCUT2D eigenvalue weighted by Crippen LogP contribution is -2.19. The zero-order valence-electron chi connectivity index (χ0n) is 14.6. The minimum atomic E-state index is -0.826. The van der Waals surface area contributed by atoms with Gasteiger partial charge in [-0.2, -0.15) is 0 Å². The van der Waals surface area contributed by atoms with Gasteiger partial charge < -0.3 is 19.9 Å². The molecule has 1 atom stereocenters. The van der Waals surface area contributed by atoms with E-state index < -0.39 is 11.9 Å². The van der Waals surface area contributed by atoms with Crippen LogP contribution in [0.4, 0.5) is 5.69 Å². The molecule has 146 valence electrons. The van der Waals surface area contributed by atoms with Crippen molar-refractivity contribution in [2.45, 2.75) is 33.1 Å². The summed E-state index contributed by atoms with van der Waals surface area (Å²) in [6.45, 7) is 4.77. The van der Waals surface area contributed by atoms with E-state index in [1.165, 1.54) is 0 Å². The lowest BCUT2D eigenvalue weighted by atomic mass is 10.1. The van der Waals surface area contributed by atoms with Crippen molar-refractivity contribution < 1.29 is 24.2 Å². The van der Waals surface area contributed by atoms with Crippen LogP contribution >= 0.6 is 67.8 Å². The Morgan fingerprint density at radius 2 is 1.88 bits per heavy atom. The van der Waals surface area contributed by atoms with Gasteiger partial charge in [0, 0.05) is 23.0 Å². The van der Waals surface area contributed by atoms with Gasteiger partial charge in [0.05, 0.1) is 32.0 Å². The van der Waals surface area contributed by atoms with Gasteiger partial charge >= 0.3 is 5.97 Å². The molecule has 1 aromatic carbocycles. The molecular weight excluding hydrogens is 679 g/mol. The van der Waals surface area contributed by atoms with Gasteiger partial charge in [-0.1, -0.05) is 13.8 Å². The van der Waals surface area contributed by atoms with Crippen LogP contribution in [0.15, 0.2) is 6.07 Å². The van der Waals surface area contributed by atoms with E-state index in [9.17, 15) is 9.59 Å². The third kappa shape index (κ3) is 7.62. The summed E-state index contributed by atoms with van der Waals surface area (Å²) in [5, 5.41) is 11.9. The second kappa shape index (κ2) is 12.5. The first-order valence-electron chi connectivity index (χ1n) is 8.22. The molecule has 0 bridgehead atoms. The van der Waals surface area contributed by atoms with Gasteiger partial charge in [0.1, 0.15) is 5.75 Å². The highest BCUT2D eigenvalue weighted by molar-refractivity contribution is 14.1. The molecule has 0 radical (unpaired) electrons. The van der Waals surface area contributed by atoms with Gasteiger partial charge in [-0.25, -0.2) is 0 Å². The standard InChI is InChI=1S/C17H22I3NO5/c1-3-10(17(23)24)9-25-6-5-7-26-16-12(19)8-11(18)15(14(16)20)21-13(22)4-2/h8,10H,3-7,9H2,1-2H3,(H,21,22)(H,23,24). The predicted molar refractivity (Wildman–Crippen MR) is 126 cm³/mol. The van der Waals surface area contributed by atoms with Crippen LogP contribution in [0.1, 0.15) is 33.1 Å². The van der Waals surface area contributed by atoms with E-state index in [0.717, 1.165) is 22.1 Å². The van der Waals surface area contributed by atoms with Crippen molar-refractivity contribution in [1.29, 1.82) is 0 Å². The summed E-state index contributed by atoms with van der Waals surface area (Å²) in [6, 6.07) is 1.97. The molecular formula is C17H22I3NO5. The Morgan fingerprint density at radius 1 is 1.19 bits per heavy atom. The Bertz CT molecular complexity index is 639. The van der Waals surface area contributed by atoms with Gasteiger partial charge in [-0.05, 0) is 80.3 Å². The summed E-state index contributed by atoms with van der Waals surface area (Å²) in [7, 11) is 0. The van der Waals surface area contributed by atoms with Gasteiger partial charge in [-0.15, -0.1) is 0 Å².